The summed E-state index contributed by atoms with van der Waals surface area (Å²) in [6, 6.07) is 7.42. The van der Waals surface area contributed by atoms with Gasteiger partial charge in [-0.05, 0) is 38.3 Å². The Bertz CT molecular complexity index is 442. The van der Waals surface area contributed by atoms with Crippen LogP contribution in [0.1, 0.15) is 47.0 Å². The summed E-state index contributed by atoms with van der Waals surface area (Å²) in [5.41, 5.74) is 5.99. The van der Waals surface area contributed by atoms with Crippen molar-refractivity contribution in [3.8, 4) is 5.75 Å². The molecule has 0 radical (unpaired) electrons. The molecule has 4 heteroatoms. The molecule has 1 aromatic carbocycles. The second-order valence-corrected chi connectivity index (χ2v) is 5.18. The van der Waals surface area contributed by atoms with Gasteiger partial charge < -0.3 is 15.8 Å². The van der Waals surface area contributed by atoms with Gasteiger partial charge >= 0.3 is 0 Å². The van der Waals surface area contributed by atoms with E-state index >= 15 is 0 Å². The molecule has 0 spiro atoms. The van der Waals surface area contributed by atoms with E-state index in [-0.39, 0.29) is 12.0 Å². The lowest BCUT2D eigenvalue weighted by atomic mass is 9.93. The van der Waals surface area contributed by atoms with E-state index in [0.29, 0.717) is 18.5 Å². The van der Waals surface area contributed by atoms with Crippen LogP contribution in [-0.2, 0) is 4.79 Å². The molecular formula is C16H26N2O2. The zero-order chi connectivity index (χ0) is 15.2. The smallest absolute Gasteiger partial charge is 0.244 e. The molecule has 0 aromatic heterocycles. The van der Waals surface area contributed by atoms with E-state index in [1.165, 1.54) is 0 Å². The van der Waals surface area contributed by atoms with Crippen molar-refractivity contribution in [3.63, 3.8) is 0 Å². The predicted octanol–water partition coefficient (Wildman–Crippen LogP) is 3.32. The number of carbonyl (C=O) groups excluding carboxylic acids is 1. The molecule has 112 valence electrons. The summed E-state index contributed by atoms with van der Waals surface area (Å²) in [5.74, 6) is 0.607. The van der Waals surface area contributed by atoms with Crippen LogP contribution in [0.5, 0.6) is 5.75 Å². The molecule has 1 amide bonds. The normalized spacial score (nSPS) is 12.8. The van der Waals surface area contributed by atoms with E-state index in [1.807, 2.05) is 45.0 Å². The minimum atomic E-state index is -0.812. The average molecular weight is 278 g/mol. The fraction of sp³-hybridized carbons (Fsp3) is 0.562. The summed E-state index contributed by atoms with van der Waals surface area (Å²) in [6.45, 7) is 7.93. The molecule has 1 unspecified atom stereocenters. The second kappa shape index (κ2) is 7.29. The average Bonchev–Trinajstić information content (AvgIpc) is 2.46. The number of amides is 1. The molecule has 0 aliphatic heterocycles. The van der Waals surface area contributed by atoms with Gasteiger partial charge in [0.2, 0.25) is 5.91 Å². The van der Waals surface area contributed by atoms with Gasteiger partial charge in [0.25, 0.3) is 0 Å². The van der Waals surface area contributed by atoms with E-state index in [9.17, 15) is 4.79 Å². The first-order valence-corrected chi connectivity index (χ1v) is 7.32. The zero-order valence-electron chi connectivity index (χ0n) is 12.9. The monoisotopic (exact) mass is 278 g/mol. The molecule has 0 bridgehead atoms. The molecule has 3 N–H and O–H groups in total. The van der Waals surface area contributed by atoms with Crippen molar-refractivity contribution in [2.75, 3.05) is 5.32 Å². The highest BCUT2D eigenvalue weighted by atomic mass is 16.5. The van der Waals surface area contributed by atoms with E-state index in [2.05, 4.69) is 12.2 Å². The summed E-state index contributed by atoms with van der Waals surface area (Å²) in [6.07, 6.45) is 2.31. The van der Waals surface area contributed by atoms with Crippen LogP contribution in [0, 0.1) is 0 Å². The standard InChI is InChI=1S/C16H26N2O2/c1-5-12(4)20-14-10-8-9-13(11-14)18-15(19)16(17,6-2)7-3/h8-12H,5-7,17H2,1-4H3,(H,18,19). The van der Waals surface area contributed by atoms with Crippen LogP contribution in [-0.4, -0.2) is 17.6 Å². The predicted molar refractivity (Wildman–Crippen MR) is 83.0 cm³/mol. The van der Waals surface area contributed by atoms with Gasteiger partial charge in [-0.15, -0.1) is 0 Å². The van der Waals surface area contributed by atoms with Crippen LogP contribution < -0.4 is 15.8 Å². The summed E-state index contributed by atoms with van der Waals surface area (Å²) in [5, 5.41) is 2.87. The third-order valence-electron chi connectivity index (χ3n) is 3.72. The quantitative estimate of drug-likeness (QED) is 0.804. The number of anilines is 1. The van der Waals surface area contributed by atoms with E-state index in [1.54, 1.807) is 0 Å². The Morgan fingerprint density at radius 2 is 2.00 bits per heavy atom. The van der Waals surface area contributed by atoms with Gasteiger partial charge in [0.15, 0.2) is 0 Å². The number of carbonyl (C=O) groups is 1. The topological polar surface area (TPSA) is 64.3 Å². The van der Waals surface area contributed by atoms with Crippen molar-refractivity contribution in [1.82, 2.24) is 0 Å². The van der Waals surface area contributed by atoms with Crippen molar-refractivity contribution in [2.24, 2.45) is 5.73 Å². The number of hydrogen-bond donors (Lipinski definition) is 2. The lowest BCUT2D eigenvalue weighted by Crippen LogP contribution is -2.50. The molecule has 0 heterocycles. The number of benzene rings is 1. The minimum absolute atomic E-state index is 0.150. The summed E-state index contributed by atoms with van der Waals surface area (Å²) < 4.78 is 5.74. The van der Waals surface area contributed by atoms with Gasteiger partial charge in [-0.3, -0.25) is 4.79 Å². The van der Waals surface area contributed by atoms with Crippen molar-refractivity contribution in [2.45, 2.75) is 58.6 Å². The molecule has 0 aliphatic rings. The highest BCUT2D eigenvalue weighted by molar-refractivity contribution is 5.98. The van der Waals surface area contributed by atoms with E-state index < -0.39 is 5.54 Å². The van der Waals surface area contributed by atoms with Crippen LogP contribution >= 0.6 is 0 Å². The van der Waals surface area contributed by atoms with Gasteiger partial charge in [0, 0.05) is 11.8 Å². The van der Waals surface area contributed by atoms with Crippen LogP contribution in [0.4, 0.5) is 5.69 Å². The SMILES string of the molecule is CCC(C)Oc1cccc(NC(=O)C(N)(CC)CC)c1. The highest BCUT2D eigenvalue weighted by Crippen LogP contribution is 2.21. The van der Waals surface area contributed by atoms with Gasteiger partial charge in [0.1, 0.15) is 5.75 Å². The fourth-order valence-corrected chi connectivity index (χ4v) is 1.79. The second-order valence-electron chi connectivity index (χ2n) is 5.18. The Morgan fingerprint density at radius 3 is 2.55 bits per heavy atom. The number of ether oxygens (including phenoxy) is 1. The molecule has 1 rings (SSSR count). The molecule has 0 saturated carbocycles. The third-order valence-corrected chi connectivity index (χ3v) is 3.72. The summed E-state index contributed by atoms with van der Waals surface area (Å²) in [7, 11) is 0. The Kier molecular flexibility index (Phi) is 6.02. The Hall–Kier alpha value is -1.55. The summed E-state index contributed by atoms with van der Waals surface area (Å²) in [4.78, 5) is 12.2. The van der Waals surface area contributed by atoms with Crippen molar-refractivity contribution in [3.05, 3.63) is 24.3 Å². The molecule has 1 aromatic rings. The van der Waals surface area contributed by atoms with Gasteiger partial charge in [-0.25, -0.2) is 0 Å². The Labute approximate surface area is 121 Å². The van der Waals surface area contributed by atoms with Crippen LogP contribution in [0.25, 0.3) is 0 Å². The van der Waals surface area contributed by atoms with Crippen LogP contribution in [0.2, 0.25) is 0 Å². The van der Waals surface area contributed by atoms with Crippen molar-refractivity contribution >= 4 is 11.6 Å². The van der Waals surface area contributed by atoms with Crippen molar-refractivity contribution in [1.29, 1.82) is 0 Å². The molecule has 0 fully saturated rings. The number of nitrogens with one attached hydrogen (secondary N) is 1. The van der Waals surface area contributed by atoms with Gasteiger partial charge in [0.05, 0.1) is 11.6 Å². The lowest BCUT2D eigenvalue weighted by Gasteiger charge is -2.25. The lowest BCUT2D eigenvalue weighted by molar-refractivity contribution is -0.121. The molecule has 0 aliphatic carbocycles. The number of hydrogen-bond acceptors (Lipinski definition) is 3. The Morgan fingerprint density at radius 1 is 1.35 bits per heavy atom. The maximum absolute atomic E-state index is 12.2. The van der Waals surface area contributed by atoms with Gasteiger partial charge in [-0.1, -0.05) is 26.8 Å². The van der Waals surface area contributed by atoms with E-state index in [4.69, 9.17) is 10.5 Å². The molecular weight excluding hydrogens is 252 g/mol. The maximum Gasteiger partial charge on any atom is 0.244 e. The zero-order valence-corrected chi connectivity index (χ0v) is 12.9. The largest absolute Gasteiger partial charge is 0.491 e. The molecule has 4 nitrogen and oxygen atoms in total. The first-order chi connectivity index (χ1) is 9.45. The first-order valence-electron chi connectivity index (χ1n) is 7.32. The molecule has 0 saturated heterocycles. The fourth-order valence-electron chi connectivity index (χ4n) is 1.79. The van der Waals surface area contributed by atoms with Gasteiger partial charge in [-0.2, -0.15) is 0 Å². The number of nitrogens with two attached hydrogens (primary N) is 1. The van der Waals surface area contributed by atoms with Crippen LogP contribution in [0.3, 0.4) is 0 Å². The highest BCUT2D eigenvalue weighted by Gasteiger charge is 2.29. The third kappa shape index (κ3) is 4.23. The van der Waals surface area contributed by atoms with E-state index in [0.717, 1.165) is 12.2 Å². The Balaban J connectivity index is 2.78. The minimum Gasteiger partial charge on any atom is -0.491 e. The van der Waals surface area contributed by atoms with Crippen LogP contribution in [0.15, 0.2) is 24.3 Å². The molecule has 1 atom stereocenters. The van der Waals surface area contributed by atoms with Crippen molar-refractivity contribution < 1.29 is 9.53 Å². The molecule has 20 heavy (non-hydrogen) atoms. The number of rotatable bonds is 7. The summed E-state index contributed by atoms with van der Waals surface area (Å²) >= 11 is 0. The maximum atomic E-state index is 12.2. The first kappa shape index (κ1) is 16.5.